The van der Waals surface area contributed by atoms with Gasteiger partial charge < -0.3 is 15.2 Å². The van der Waals surface area contributed by atoms with Crippen LogP contribution >= 0.6 is 0 Å². The van der Waals surface area contributed by atoms with E-state index in [2.05, 4.69) is 22.2 Å². The molecule has 0 bridgehead atoms. The van der Waals surface area contributed by atoms with E-state index < -0.39 is 0 Å². The van der Waals surface area contributed by atoms with Gasteiger partial charge in [0.2, 0.25) is 11.8 Å². The molecule has 1 heterocycles. The Bertz CT molecular complexity index is 369. The first-order valence-corrected chi connectivity index (χ1v) is 6.44. The zero-order chi connectivity index (χ0) is 13.5. The second kappa shape index (κ2) is 7.16. The Hall–Kier alpha value is -1.36. The molecule has 0 aliphatic rings. The number of aromatic nitrogens is 2. The van der Waals surface area contributed by atoms with Crippen LogP contribution in [0.2, 0.25) is 0 Å². The third kappa shape index (κ3) is 5.31. The summed E-state index contributed by atoms with van der Waals surface area (Å²) >= 11 is 0. The topological polar surface area (TPSA) is 67.3 Å². The van der Waals surface area contributed by atoms with E-state index in [0.717, 1.165) is 12.1 Å². The molecule has 0 spiro atoms. The summed E-state index contributed by atoms with van der Waals surface area (Å²) in [5.41, 5.74) is 0.864. The number of nitrogens with one attached hydrogen (secondary N) is 1. The normalized spacial score (nSPS) is 14.1. The van der Waals surface area contributed by atoms with Crippen molar-refractivity contribution in [2.45, 2.75) is 52.7 Å². The molecule has 1 rings (SSSR count). The van der Waals surface area contributed by atoms with Gasteiger partial charge in [-0.2, -0.15) is 4.98 Å². The Morgan fingerprint density at radius 3 is 2.72 bits per heavy atom. The number of rotatable bonds is 7. The van der Waals surface area contributed by atoms with Crippen LogP contribution in [0.25, 0.3) is 0 Å². The first-order valence-electron chi connectivity index (χ1n) is 6.44. The zero-order valence-corrected chi connectivity index (χ0v) is 11.6. The maximum Gasteiger partial charge on any atom is 0.226 e. The van der Waals surface area contributed by atoms with Crippen molar-refractivity contribution < 1.29 is 9.84 Å². The van der Waals surface area contributed by atoms with Gasteiger partial charge in [-0.25, -0.2) is 4.98 Å². The number of nitrogens with zero attached hydrogens (tertiary/aromatic N) is 2. The predicted molar refractivity (Wildman–Crippen MR) is 71.9 cm³/mol. The van der Waals surface area contributed by atoms with Gasteiger partial charge >= 0.3 is 0 Å². The number of anilines is 1. The van der Waals surface area contributed by atoms with Crippen molar-refractivity contribution in [2.75, 3.05) is 11.9 Å². The van der Waals surface area contributed by atoms with Crippen molar-refractivity contribution in [3.8, 4) is 5.88 Å². The lowest BCUT2D eigenvalue weighted by Crippen LogP contribution is -2.22. The van der Waals surface area contributed by atoms with Crippen LogP contribution in [0.15, 0.2) is 6.07 Å². The molecule has 1 aromatic heterocycles. The lowest BCUT2D eigenvalue weighted by Gasteiger charge is -2.16. The molecule has 102 valence electrons. The van der Waals surface area contributed by atoms with Gasteiger partial charge in [-0.15, -0.1) is 0 Å². The van der Waals surface area contributed by atoms with Crippen LogP contribution in [-0.2, 0) is 0 Å². The number of ether oxygens (including phenoxy) is 1. The van der Waals surface area contributed by atoms with Crippen molar-refractivity contribution >= 4 is 5.95 Å². The average molecular weight is 253 g/mol. The molecule has 18 heavy (non-hydrogen) atoms. The third-order valence-electron chi connectivity index (χ3n) is 2.35. The lowest BCUT2D eigenvalue weighted by molar-refractivity contribution is 0.179. The highest BCUT2D eigenvalue weighted by atomic mass is 16.5. The first-order chi connectivity index (χ1) is 8.51. The van der Waals surface area contributed by atoms with Gasteiger partial charge in [-0.1, -0.05) is 6.92 Å². The average Bonchev–Trinajstić information content (AvgIpc) is 2.24. The molecule has 5 heteroatoms. The summed E-state index contributed by atoms with van der Waals surface area (Å²) in [6, 6.07) is 1.94. The number of hydrogen-bond donors (Lipinski definition) is 2. The van der Waals surface area contributed by atoms with Crippen molar-refractivity contribution in [1.29, 1.82) is 0 Å². The highest BCUT2D eigenvalue weighted by molar-refractivity contribution is 5.31. The predicted octanol–water partition coefficient (Wildman–Crippen LogP) is 2.15. The van der Waals surface area contributed by atoms with E-state index in [0.29, 0.717) is 24.9 Å². The summed E-state index contributed by atoms with van der Waals surface area (Å²) in [5, 5.41) is 12.5. The quantitative estimate of drug-likeness (QED) is 0.779. The second-order valence-corrected chi connectivity index (χ2v) is 4.65. The molecule has 1 aromatic rings. The SMILES string of the molecule is CCCOc1cc(C)nc(NC(C)CC(C)O)n1. The Labute approximate surface area is 109 Å². The van der Waals surface area contributed by atoms with E-state index in [-0.39, 0.29) is 12.1 Å². The third-order valence-corrected chi connectivity index (χ3v) is 2.35. The van der Waals surface area contributed by atoms with Crippen LogP contribution in [0.1, 0.15) is 39.3 Å². The first kappa shape index (κ1) is 14.7. The standard InChI is InChI=1S/C13H23N3O2/c1-5-6-18-12-8-10(3)15-13(16-12)14-9(2)7-11(4)17/h8-9,11,17H,5-7H2,1-4H3,(H,14,15,16). The monoisotopic (exact) mass is 253 g/mol. The van der Waals surface area contributed by atoms with E-state index >= 15 is 0 Å². The van der Waals surface area contributed by atoms with Crippen LogP contribution in [0, 0.1) is 6.92 Å². The summed E-state index contributed by atoms with van der Waals surface area (Å²) < 4.78 is 5.50. The zero-order valence-electron chi connectivity index (χ0n) is 11.6. The summed E-state index contributed by atoms with van der Waals surface area (Å²) in [6.07, 6.45) is 1.26. The molecule has 2 atom stereocenters. The molecule has 0 radical (unpaired) electrons. The maximum absolute atomic E-state index is 9.32. The van der Waals surface area contributed by atoms with Gasteiger partial charge in [-0.3, -0.25) is 0 Å². The molecule has 0 aliphatic heterocycles. The summed E-state index contributed by atoms with van der Waals surface area (Å²) in [4.78, 5) is 8.60. The molecule has 0 amide bonds. The van der Waals surface area contributed by atoms with Gasteiger partial charge in [0, 0.05) is 17.8 Å². The smallest absolute Gasteiger partial charge is 0.226 e. The number of aliphatic hydroxyl groups is 1. The van der Waals surface area contributed by atoms with Crippen molar-refractivity contribution in [3.05, 3.63) is 11.8 Å². The number of aliphatic hydroxyl groups excluding tert-OH is 1. The summed E-state index contributed by atoms with van der Waals surface area (Å²) in [6.45, 7) is 8.37. The lowest BCUT2D eigenvalue weighted by atomic mass is 10.2. The van der Waals surface area contributed by atoms with E-state index in [4.69, 9.17) is 4.74 Å². The van der Waals surface area contributed by atoms with E-state index in [9.17, 15) is 5.11 Å². The number of aryl methyl sites for hydroxylation is 1. The summed E-state index contributed by atoms with van der Waals surface area (Å²) in [5.74, 6) is 1.14. The minimum absolute atomic E-state index is 0.117. The van der Waals surface area contributed by atoms with E-state index in [1.165, 1.54) is 0 Å². The molecule has 2 unspecified atom stereocenters. The van der Waals surface area contributed by atoms with E-state index in [1.807, 2.05) is 19.9 Å². The van der Waals surface area contributed by atoms with Gasteiger partial charge in [0.25, 0.3) is 0 Å². The molecule has 0 saturated carbocycles. The Morgan fingerprint density at radius 2 is 2.11 bits per heavy atom. The highest BCUT2D eigenvalue weighted by Crippen LogP contribution is 2.13. The van der Waals surface area contributed by atoms with Gasteiger partial charge in [-0.05, 0) is 33.6 Å². The van der Waals surface area contributed by atoms with Gasteiger partial charge in [0.05, 0.1) is 12.7 Å². The van der Waals surface area contributed by atoms with E-state index in [1.54, 1.807) is 6.92 Å². The second-order valence-electron chi connectivity index (χ2n) is 4.65. The molecule has 0 saturated heterocycles. The minimum atomic E-state index is -0.340. The fourth-order valence-corrected chi connectivity index (χ4v) is 1.68. The minimum Gasteiger partial charge on any atom is -0.478 e. The molecule has 0 aromatic carbocycles. The fraction of sp³-hybridized carbons (Fsp3) is 0.692. The van der Waals surface area contributed by atoms with Crippen LogP contribution in [0.4, 0.5) is 5.95 Å². The highest BCUT2D eigenvalue weighted by Gasteiger charge is 2.09. The molecule has 0 fully saturated rings. The van der Waals surface area contributed by atoms with Crippen molar-refractivity contribution in [2.24, 2.45) is 0 Å². The van der Waals surface area contributed by atoms with Gasteiger partial charge in [0.15, 0.2) is 0 Å². The Kier molecular flexibility index (Phi) is 5.85. The van der Waals surface area contributed by atoms with Crippen LogP contribution in [0.3, 0.4) is 0 Å². The fourth-order valence-electron chi connectivity index (χ4n) is 1.68. The number of hydrogen-bond acceptors (Lipinski definition) is 5. The van der Waals surface area contributed by atoms with Crippen LogP contribution in [-0.4, -0.2) is 33.8 Å². The molecule has 2 N–H and O–H groups in total. The van der Waals surface area contributed by atoms with Crippen molar-refractivity contribution in [1.82, 2.24) is 9.97 Å². The molecular weight excluding hydrogens is 230 g/mol. The Balaban J connectivity index is 2.67. The van der Waals surface area contributed by atoms with Crippen LogP contribution < -0.4 is 10.1 Å². The van der Waals surface area contributed by atoms with Crippen LogP contribution in [0.5, 0.6) is 5.88 Å². The summed E-state index contributed by atoms with van der Waals surface area (Å²) in [7, 11) is 0. The Morgan fingerprint density at radius 1 is 1.39 bits per heavy atom. The molecule has 0 aliphatic carbocycles. The largest absolute Gasteiger partial charge is 0.478 e. The maximum atomic E-state index is 9.32. The van der Waals surface area contributed by atoms with Gasteiger partial charge in [0.1, 0.15) is 0 Å². The van der Waals surface area contributed by atoms with Crippen molar-refractivity contribution in [3.63, 3.8) is 0 Å². The molecular formula is C13H23N3O2. The molecule has 5 nitrogen and oxygen atoms in total.